The van der Waals surface area contributed by atoms with Gasteiger partial charge in [0.2, 0.25) is 0 Å². The largest absolute Gasteiger partial charge is 0.376 e. The Hall–Kier alpha value is 0.620. The average Bonchev–Trinajstić information content (AvgIpc) is 2.31. The van der Waals surface area contributed by atoms with Gasteiger partial charge in [0.25, 0.3) is 0 Å². The van der Waals surface area contributed by atoms with E-state index < -0.39 is 0 Å². The predicted molar refractivity (Wildman–Crippen MR) is 95.4 cm³/mol. The van der Waals surface area contributed by atoms with Crippen LogP contribution in [0.15, 0.2) is 0 Å². The van der Waals surface area contributed by atoms with Crippen LogP contribution >= 0.6 is 25.3 Å². The minimum atomic E-state index is -0.0695. The first kappa shape index (κ1) is 20.6. The summed E-state index contributed by atoms with van der Waals surface area (Å²) in [5.41, 5.74) is -0.0695. The topological polar surface area (TPSA) is 18.5 Å². The molecule has 0 fully saturated rings. The third-order valence-corrected chi connectivity index (χ3v) is 3.79. The fourth-order valence-corrected chi connectivity index (χ4v) is 2.31. The maximum atomic E-state index is 5.99. The summed E-state index contributed by atoms with van der Waals surface area (Å²) in [6.07, 6.45) is 5.70. The zero-order chi connectivity index (χ0) is 15.6. The van der Waals surface area contributed by atoms with Gasteiger partial charge in [0, 0.05) is 6.61 Å². The van der Waals surface area contributed by atoms with Crippen LogP contribution in [0.25, 0.3) is 0 Å². The Balaban J connectivity index is 3.67. The van der Waals surface area contributed by atoms with Crippen LogP contribution in [0.3, 0.4) is 0 Å². The SMILES string of the molecule is CC(S)CCCOC(C)COC(C)(C)CCCC(C)S. The summed E-state index contributed by atoms with van der Waals surface area (Å²) in [5.74, 6) is 0. The van der Waals surface area contributed by atoms with E-state index in [2.05, 4.69) is 59.9 Å². The average molecular weight is 323 g/mol. The molecule has 0 aromatic carbocycles. The van der Waals surface area contributed by atoms with Crippen LogP contribution in [0.1, 0.15) is 66.7 Å². The molecule has 20 heavy (non-hydrogen) atoms. The van der Waals surface area contributed by atoms with Gasteiger partial charge in [-0.1, -0.05) is 13.8 Å². The minimum absolute atomic E-state index is 0.0695. The van der Waals surface area contributed by atoms with Crippen LogP contribution in [0.5, 0.6) is 0 Å². The molecule has 0 amide bonds. The Morgan fingerprint density at radius 2 is 1.50 bits per heavy atom. The zero-order valence-corrected chi connectivity index (χ0v) is 15.7. The lowest BCUT2D eigenvalue weighted by atomic mass is 10.0. The molecule has 0 radical (unpaired) electrons. The summed E-state index contributed by atoms with van der Waals surface area (Å²) in [7, 11) is 0. The van der Waals surface area contributed by atoms with E-state index in [-0.39, 0.29) is 11.7 Å². The van der Waals surface area contributed by atoms with E-state index >= 15 is 0 Å². The first-order valence-corrected chi connectivity index (χ1v) is 8.88. The summed E-state index contributed by atoms with van der Waals surface area (Å²) in [5, 5.41) is 0.931. The Morgan fingerprint density at radius 3 is 2.05 bits per heavy atom. The molecule has 0 aliphatic heterocycles. The molecule has 0 aromatic heterocycles. The van der Waals surface area contributed by atoms with Crippen molar-refractivity contribution in [3.63, 3.8) is 0 Å². The standard InChI is InChI=1S/C16H34O2S2/c1-13(17-11-7-9-15(3)20)12-18-16(4,5)10-6-8-14(2)19/h13-15,19-20H,6-12H2,1-5H3. The van der Waals surface area contributed by atoms with Crippen LogP contribution in [0.4, 0.5) is 0 Å². The van der Waals surface area contributed by atoms with Crippen molar-refractivity contribution in [3.05, 3.63) is 0 Å². The lowest BCUT2D eigenvalue weighted by Crippen LogP contribution is -2.29. The van der Waals surface area contributed by atoms with Crippen LogP contribution in [-0.4, -0.2) is 35.4 Å². The van der Waals surface area contributed by atoms with Gasteiger partial charge in [-0.05, 0) is 63.4 Å². The van der Waals surface area contributed by atoms with Crippen molar-refractivity contribution >= 4 is 25.3 Å². The van der Waals surface area contributed by atoms with Crippen LogP contribution in [-0.2, 0) is 9.47 Å². The minimum Gasteiger partial charge on any atom is -0.376 e. The van der Waals surface area contributed by atoms with Crippen molar-refractivity contribution in [3.8, 4) is 0 Å². The highest BCUT2D eigenvalue weighted by atomic mass is 32.1. The Labute approximate surface area is 137 Å². The lowest BCUT2D eigenvalue weighted by molar-refractivity contribution is -0.0792. The van der Waals surface area contributed by atoms with Gasteiger partial charge in [-0.25, -0.2) is 0 Å². The van der Waals surface area contributed by atoms with Gasteiger partial charge in [-0.15, -0.1) is 0 Å². The second-order valence-corrected chi connectivity index (χ2v) is 8.25. The lowest BCUT2D eigenvalue weighted by Gasteiger charge is -2.27. The summed E-state index contributed by atoms with van der Waals surface area (Å²) < 4.78 is 11.7. The van der Waals surface area contributed by atoms with Crippen LogP contribution in [0.2, 0.25) is 0 Å². The van der Waals surface area contributed by atoms with Gasteiger partial charge in [0.15, 0.2) is 0 Å². The van der Waals surface area contributed by atoms with E-state index in [1.807, 2.05) is 0 Å². The summed E-state index contributed by atoms with van der Waals surface area (Å²) in [6, 6.07) is 0. The molecule has 0 spiro atoms. The highest BCUT2D eigenvalue weighted by Gasteiger charge is 2.19. The van der Waals surface area contributed by atoms with Crippen molar-refractivity contribution < 1.29 is 9.47 Å². The number of ether oxygens (including phenoxy) is 2. The van der Waals surface area contributed by atoms with Gasteiger partial charge in [0.05, 0.1) is 18.3 Å². The summed E-state index contributed by atoms with van der Waals surface area (Å²) >= 11 is 8.77. The predicted octanol–water partition coefficient (Wildman–Crippen LogP) is 4.77. The first-order valence-electron chi connectivity index (χ1n) is 7.84. The Morgan fingerprint density at radius 1 is 0.950 bits per heavy atom. The molecule has 0 aliphatic rings. The van der Waals surface area contributed by atoms with Gasteiger partial charge in [-0.3, -0.25) is 0 Å². The molecule has 0 bridgehead atoms. The highest BCUT2D eigenvalue weighted by Crippen LogP contribution is 2.20. The molecule has 0 saturated carbocycles. The number of thiol groups is 2. The normalized spacial score (nSPS) is 16.9. The second kappa shape index (κ2) is 11.2. The van der Waals surface area contributed by atoms with Crippen LogP contribution in [0, 0.1) is 0 Å². The van der Waals surface area contributed by atoms with Gasteiger partial charge < -0.3 is 9.47 Å². The first-order chi connectivity index (χ1) is 9.23. The molecule has 3 unspecified atom stereocenters. The maximum Gasteiger partial charge on any atom is 0.0780 e. The Bertz CT molecular complexity index is 231. The summed E-state index contributed by atoms with van der Waals surface area (Å²) in [6.45, 7) is 12.1. The number of rotatable bonds is 12. The molecule has 0 N–H and O–H groups in total. The van der Waals surface area contributed by atoms with Crippen molar-refractivity contribution in [1.82, 2.24) is 0 Å². The molecule has 2 nitrogen and oxygen atoms in total. The molecular formula is C16H34O2S2. The zero-order valence-electron chi connectivity index (χ0n) is 13.9. The van der Waals surface area contributed by atoms with Crippen molar-refractivity contribution in [1.29, 1.82) is 0 Å². The molecule has 0 heterocycles. The highest BCUT2D eigenvalue weighted by molar-refractivity contribution is 7.81. The van der Waals surface area contributed by atoms with E-state index in [1.165, 1.54) is 0 Å². The number of hydrogen-bond donors (Lipinski definition) is 2. The fraction of sp³-hybridized carbons (Fsp3) is 1.00. The maximum absolute atomic E-state index is 5.99. The van der Waals surface area contributed by atoms with E-state index in [0.717, 1.165) is 38.7 Å². The molecule has 3 atom stereocenters. The van der Waals surface area contributed by atoms with E-state index in [1.54, 1.807) is 0 Å². The van der Waals surface area contributed by atoms with Gasteiger partial charge in [0.1, 0.15) is 0 Å². The van der Waals surface area contributed by atoms with Crippen molar-refractivity contribution in [2.75, 3.05) is 13.2 Å². The third-order valence-electron chi connectivity index (χ3n) is 3.28. The van der Waals surface area contributed by atoms with E-state index in [0.29, 0.717) is 17.1 Å². The number of hydrogen-bond acceptors (Lipinski definition) is 4. The fourth-order valence-electron chi connectivity index (χ4n) is 1.95. The molecule has 0 aliphatic carbocycles. The monoisotopic (exact) mass is 322 g/mol. The Kier molecular flexibility index (Phi) is 11.6. The van der Waals surface area contributed by atoms with Gasteiger partial charge in [-0.2, -0.15) is 25.3 Å². The molecule has 0 rings (SSSR count). The quantitative estimate of drug-likeness (QED) is 0.398. The van der Waals surface area contributed by atoms with Crippen LogP contribution < -0.4 is 0 Å². The molecule has 122 valence electrons. The molecule has 4 heteroatoms. The molecule has 0 saturated heterocycles. The third kappa shape index (κ3) is 13.6. The van der Waals surface area contributed by atoms with E-state index in [4.69, 9.17) is 9.47 Å². The van der Waals surface area contributed by atoms with Crippen molar-refractivity contribution in [2.24, 2.45) is 0 Å². The smallest absolute Gasteiger partial charge is 0.0780 e. The molecule has 0 aromatic rings. The molecular weight excluding hydrogens is 288 g/mol. The van der Waals surface area contributed by atoms with Gasteiger partial charge >= 0.3 is 0 Å². The summed E-state index contributed by atoms with van der Waals surface area (Å²) in [4.78, 5) is 0. The second-order valence-electron chi connectivity index (χ2n) is 6.48. The van der Waals surface area contributed by atoms with Crippen molar-refractivity contribution in [2.45, 2.75) is 88.9 Å². The van der Waals surface area contributed by atoms with E-state index in [9.17, 15) is 0 Å².